The van der Waals surface area contributed by atoms with Gasteiger partial charge in [0.2, 0.25) is 0 Å². The van der Waals surface area contributed by atoms with Crippen LogP contribution in [0.4, 0.5) is 0 Å². The predicted octanol–water partition coefficient (Wildman–Crippen LogP) is 3.54. The lowest BCUT2D eigenvalue weighted by Crippen LogP contribution is -2.29. The van der Waals surface area contributed by atoms with Gasteiger partial charge in [0.25, 0.3) is 0 Å². The van der Waals surface area contributed by atoms with Crippen LogP contribution in [0.15, 0.2) is 40.8 Å². The van der Waals surface area contributed by atoms with Gasteiger partial charge in [-0.15, -0.1) is 0 Å². The summed E-state index contributed by atoms with van der Waals surface area (Å²) < 4.78 is 15.7. The molecule has 1 heterocycles. The summed E-state index contributed by atoms with van der Waals surface area (Å²) in [6, 6.07) is 11.5. The summed E-state index contributed by atoms with van der Waals surface area (Å²) in [6.07, 6.45) is 0.115. The SMILES string of the molecule is CCOC(=O)C(Cc1ccc(-c2ccc(C)cc2)o1)C(=O)OCC. The smallest absolute Gasteiger partial charge is 0.320 e. The number of rotatable bonds is 7. The molecular formula is C19H22O5. The quantitative estimate of drug-likeness (QED) is 0.574. The van der Waals surface area contributed by atoms with Crippen LogP contribution in [0.2, 0.25) is 0 Å². The Morgan fingerprint density at radius 3 is 2.08 bits per heavy atom. The lowest BCUT2D eigenvalue weighted by atomic mass is 10.0. The molecule has 0 radical (unpaired) electrons. The summed E-state index contributed by atoms with van der Waals surface area (Å²) in [5, 5.41) is 0. The second-order valence-electron chi connectivity index (χ2n) is 5.39. The molecule has 0 bridgehead atoms. The van der Waals surface area contributed by atoms with E-state index < -0.39 is 17.9 Å². The lowest BCUT2D eigenvalue weighted by molar-refractivity contribution is -0.161. The van der Waals surface area contributed by atoms with Gasteiger partial charge in [-0.25, -0.2) is 0 Å². The van der Waals surface area contributed by atoms with E-state index in [1.807, 2.05) is 37.3 Å². The third-order valence-corrected chi connectivity index (χ3v) is 3.55. The maximum atomic E-state index is 12.0. The zero-order valence-electron chi connectivity index (χ0n) is 14.2. The molecule has 24 heavy (non-hydrogen) atoms. The van der Waals surface area contributed by atoms with Gasteiger partial charge in [-0.2, -0.15) is 0 Å². The van der Waals surface area contributed by atoms with Gasteiger partial charge < -0.3 is 13.9 Å². The summed E-state index contributed by atoms with van der Waals surface area (Å²) in [5.41, 5.74) is 2.10. The van der Waals surface area contributed by atoms with E-state index in [4.69, 9.17) is 13.9 Å². The minimum absolute atomic E-state index is 0.115. The normalized spacial score (nSPS) is 10.7. The molecule has 0 aliphatic rings. The van der Waals surface area contributed by atoms with E-state index >= 15 is 0 Å². The monoisotopic (exact) mass is 330 g/mol. The first kappa shape index (κ1) is 17.8. The van der Waals surface area contributed by atoms with Crippen LogP contribution in [-0.2, 0) is 25.5 Å². The fourth-order valence-electron chi connectivity index (χ4n) is 2.31. The van der Waals surface area contributed by atoms with Crippen molar-refractivity contribution in [2.45, 2.75) is 27.2 Å². The standard InChI is InChI=1S/C19H22O5/c1-4-22-18(20)16(19(21)23-5-2)12-15-10-11-17(24-15)14-8-6-13(3)7-9-14/h6-11,16H,4-5,12H2,1-3H3. The van der Waals surface area contributed by atoms with Gasteiger partial charge in [0.1, 0.15) is 11.5 Å². The van der Waals surface area contributed by atoms with Crippen LogP contribution in [0.3, 0.4) is 0 Å². The fourth-order valence-corrected chi connectivity index (χ4v) is 2.31. The molecule has 0 unspecified atom stereocenters. The molecule has 2 aromatic rings. The summed E-state index contributed by atoms with van der Waals surface area (Å²) in [7, 11) is 0. The van der Waals surface area contributed by atoms with E-state index in [-0.39, 0.29) is 19.6 Å². The van der Waals surface area contributed by atoms with Gasteiger partial charge >= 0.3 is 11.9 Å². The number of furan rings is 1. The van der Waals surface area contributed by atoms with Crippen molar-refractivity contribution in [2.75, 3.05) is 13.2 Å². The van der Waals surface area contributed by atoms with Crippen molar-refractivity contribution >= 4 is 11.9 Å². The Morgan fingerprint density at radius 1 is 0.958 bits per heavy atom. The van der Waals surface area contributed by atoms with E-state index in [0.29, 0.717) is 11.5 Å². The van der Waals surface area contributed by atoms with Crippen LogP contribution in [0, 0.1) is 12.8 Å². The van der Waals surface area contributed by atoms with Crippen LogP contribution in [0.5, 0.6) is 0 Å². The topological polar surface area (TPSA) is 65.7 Å². The average Bonchev–Trinajstić information content (AvgIpc) is 3.02. The van der Waals surface area contributed by atoms with Crippen LogP contribution in [0.25, 0.3) is 11.3 Å². The highest BCUT2D eigenvalue weighted by atomic mass is 16.6. The van der Waals surface area contributed by atoms with Gasteiger partial charge in [-0.05, 0) is 32.9 Å². The Hall–Kier alpha value is -2.56. The Balaban J connectivity index is 2.16. The summed E-state index contributed by atoms with van der Waals surface area (Å²) in [6.45, 7) is 5.83. The number of benzene rings is 1. The van der Waals surface area contributed by atoms with Crippen LogP contribution < -0.4 is 0 Å². The fraction of sp³-hybridized carbons (Fsp3) is 0.368. The largest absolute Gasteiger partial charge is 0.465 e. The van der Waals surface area contributed by atoms with E-state index in [2.05, 4.69) is 0 Å². The molecule has 0 amide bonds. The van der Waals surface area contributed by atoms with Crippen molar-refractivity contribution in [3.05, 3.63) is 47.7 Å². The maximum absolute atomic E-state index is 12.0. The first-order valence-corrected chi connectivity index (χ1v) is 8.04. The first-order chi connectivity index (χ1) is 11.5. The molecule has 128 valence electrons. The second kappa shape index (κ2) is 8.34. The Bertz CT molecular complexity index is 666. The van der Waals surface area contributed by atoms with E-state index in [9.17, 15) is 9.59 Å². The molecule has 5 nitrogen and oxygen atoms in total. The number of hydrogen-bond donors (Lipinski definition) is 0. The Labute approximate surface area is 141 Å². The van der Waals surface area contributed by atoms with E-state index in [0.717, 1.165) is 11.1 Å². The maximum Gasteiger partial charge on any atom is 0.320 e. The molecule has 0 saturated carbocycles. The van der Waals surface area contributed by atoms with Gasteiger partial charge in [0.15, 0.2) is 5.92 Å². The molecule has 1 aromatic carbocycles. The van der Waals surface area contributed by atoms with Crippen LogP contribution in [0.1, 0.15) is 25.2 Å². The number of esters is 2. The zero-order valence-corrected chi connectivity index (χ0v) is 14.2. The number of carbonyl (C=O) groups is 2. The van der Waals surface area contributed by atoms with Gasteiger partial charge in [0.05, 0.1) is 13.2 Å². The van der Waals surface area contributed by atoms with Crippen LogP contribution in [-0.4, -0.2) is 25.2 Å². The Morgan fingerprint density at radius 2 is 1.54 bits per heavy atom. The summed E-state index contributed by atoms with van der Waals surface area (Å²) in [5.74, 6) is -0.969. The number of aryl methyl sites for hydroxylation is 1. The molecule has 0 fully saturated rings. The lowest BCUT2D eigenvalue weighted by Gasteiger charge is -2.13. The van der Waals surface area contributed by atoms with Crippen molar-refractivity contribution in [1.29, 1.82) is 0 Å². The number of hydrogen-bond acceptors (Lipinski definition) is 5. The average molecular weight is 330 g/mol. The van der Waals surface area contributed by atoms with E-state index in [1.54, 1.807) is 19.9 Å². The molecular weight excluding hydrogens is 308 g/mol. The molecule has 0 aliphatic carbocycles. The number of carbonyl (C=O) groups excluding carboxylic acids is 2. The third-order valence-electron chi connectivity index (χ3n) is 3.55. The minimum Gasteiger partial charge on any atom is -0.465 e. The minimum atomic E-state index is -1.01. The molecule has 5 heteroatoms. The highest BCUT2D eigenvalue weighted by molar-refractivity contribution is 5.95. The molecule has 2 rings (SSSR count). The van der Waals surface area contributed by atoms with Crippen molar-refractivity contribution < 1.29 is 23.5 Å². The van der Waals surface area contributed by atoms with Gasteiger partial charge in [-0.1, -0.05) is 29.8 Å². The predicted molar refractivity (Wildman–Crippen MR) is 89.3 cm³/mol. The highest BCUT2D eigenvalue weighted by Gasteiger charge is 2.31. The third kappa shape index (κ3) is 4.47. The number of ether oxygens (including phenoxy) is 2. The first-order valence-electron chi connectivity index (χ1n) is 8.04. The van der Waals surface area contributed by atoms with E-state index in [1.165, 1.54) is 0 Å². The van der Waals surface area contributed by atoms with Crippen molar-refractivity contribution in [3.8, 4) is 11.3 Å². The molecule has 0 atom stereocenters. The van der Waals surface area contributed by atoms with Gasteiger partial charge in [0, 0.05) is 12.0 Å². The Kier molecular flexibility index (Phi) is 6.18. The second-order valence-corrected chi connectivity index (χ2v) is 5.39. The van der Waals surface area contributed by atoms with Crippen molar-refractivity contribution in [3.63, 3.8) is 0 Å². The van der Waals surface area contributed by atoms with Crippen LogP contribution >= 0.6 is 0 Å². The molecule has 0 N–H and O–H groups in total. The van der Waals surface area contributed by atoms with Gasteiger partial charge in [-0.3, -0.25) is 9.59 Å². The summed E-state index contributed by atoms with van der Waals surface area (Å²) >= 11 is 0. The molecule has 0 aliphatic heterocycles. The molecule has 1 aromatic heterocycles. The highest BCUT2D eigenvalue weighted by Crippen LogP contribution is 2.24. The summed E-state index contributed by atoms with van der Waals surface area (Å²) in [4.78, 5) is 24.0. The zero-order chi connectivity index (χ0) is 17.5. The molecule has 0 saturated heterocycles. The van der Waals surface area contributed by atoms with Crippen molar-refractivity contribution in [1.82, 2.24) is 0 Å². The molecule has 0 spiro atoms. The van der Waals surface area contributed by atoms with Crippen molar-refractivity contribution in [2.24, 2.45) is 5.92 Å².